The topological polar surface area (TPSA) is 163 Å². The fourth-order valence-electron chi connectivity index (χ4n) is 1.61. The van der Waals surface area contributed by atoms with Gasteiger partial charge in [0, 0.05) is 6.42 Å². The Morgan fingerprint density at radius 3 is 2.40 bits per heavy atom. The third-order valence-electron chi connectivity index (χ3n) is 2.85. The van der Waals surface area contributed by atoms with Gasteiger partial charge < -0.3 is 40.7 Å². The minimum Gasteiger partial charge on any atom is -0.435 e. The predicted octanol–water partition coefficient (Wildman–Crippen LogP) is -3.10. The summed E-state index contributed by atoms with van der Waals surface area (Å²) in [5.41, 5.74) is 5.17. The van der Waals surface area contributed by atoms with Crippen LogP contribution in [-0.4, -0.2) is 68.4 Å². The normalized spacial score (nSPS) is 40.6. The number of aliphatic hydroxyl groups is 5. The van der Waals surface area contributed by atoms with Gasteiger partial charge in [0.25, 0.3) is 0 Å². The Balaban J connectivity index is 0.000000240. The number of carbonyl (C=O) groups is 1. The maximum Gasteiger partial charge on any atom is 0.310 e. The van der Waals surface area contributed by atoms with Crippen molar-refractivity contribution in [3.63, 3.8) is 0 Å². The van der Waals surface area contributed by atoms with Crippen molar-refractivity contribution in [3.8, 4) is 0 Å². The van der Waals surface area contributed by atoms with Crippen LogP contribution in [0, 0.1) is 0 Å². The van der Waals surface area contributed by atoms with Crippen LogP contribution in [0.4, 0.5) is 0 Å². The fourth-order valence-corrected chi connectivity index (χ4v) is 1.61. The van der Waals surface area contributed by atoms with Crippen LogP contribution in [-0.2, 0) is 14.3 Å². The first kappa shape index (κ1) is 17.0. The first-order valence-electron chi connectivity index (χ1n) is 5.97. The van der Waals surface area contributed by atoms with Gasteiger partial charge in [0.1, 0.15) is 24.5 Å². The summed E-state index contributed by atoms with van der Waals surface area (Å²) in [5, 5.41) is 45.4. The third kappa shape index (κ3) is 3.96. The van der Waals surface area contributed by atoms with Gasteiger partial charge in [0.15, 0.2) is 0 Å². The average Bonchev–Trinajstić information content (AvgIpc) is 2.44. The van der Waals surface area contributed by atoms with Gasteiger partial charge in [0.2, 0.25) is 5.79 Å². The zero-order valence-corrected chi connectivity index (χ0v) is 10.6. The Bertz CT molecular complexity index is 362. The summed E-state index contributed by atoms with van der Waals surface area (Å²) in [5.74, 6) is -2.44. The van der Waals surface area contributed by atoms with Gasteiger partial charge in [-0.3, -0.25) is 4.79 Å². The number of hydrogen-bond donors (Lipinski definition) is 6. The molecule has 0 spiro atoms. The molecule has 1 unspecified atom stereocenters. The van der Waals surface area contributed by atoms with Gasteiger partial charge in [-0.2, -0.15) is 0 Å². The van der Waals surface area contributed by atoms with Gasteiger partial charge in [-0.15, -0.1) is 0 Å². The molecular formula is C11H19NO8. The molecule has 9 nitrogen and oxygen atoms in total. The molecule has 0 aromatic carbocycles. The van der Waals surface area contributed by atoms with Crippen molar-refractivity contribution in [2.24, 2.45) is 5.73 Å². The first-order valence-corrected chi connectivity index (χ1v) is 5.97. The molecular weight excluding hydrogens is 274 g/mol. The van der Waals surface area contributed by atoms with Crippen LogP contribution >= 0.6 is 0 Å². The van der Waals surface area contributed by atoms with E-state index in [-0.39, 0.29) is 5.97 Å². The fraction of sp³-hybridized carbons (Fsp3) is 0.727. The van der Waals surface area contributed by atoms with E-state index in [0.29, 0.717) is 6.42 Å². The molecule has 0 aromatic heterocycles. The molecule has 0 saturated carbocycles. The molecule has 5 atom stereocenters. The van der Waals surface area contributed by atoms with Crippen molar-refractivity contribution in [2.45, 2.75) is 43.2 Å². The van der Waals surface area contributed by atoms with Crippen LogP contribution in [0.15, 0.2) is 12.3 Å². The van der Waals surface area contributed by atoms with E-state index in [9.17, 15) is 15.0 Å². The summed E-state index contributed by atoms with van der Waals surface area (Å²) in [6.07, 6.45) is -1.66. The molecule has 2 aliphatic rings. The highest BCUT2D eigenvalue weighted by molar-refractivity contribution is 5.70. The van der Waals surface area contributed by atoms with Gasteiger partial charge in [0.05, 0.1) is 12.9 Å². The number of cyclic esters (lactones) is 1. The molecule has 2 heterocycles. The summed E-state index contributed by atoms with van der Waals surface area (Å²) in [6.45, 7) is -0.925. The lowest BCUT2D eigenvalue weighted by atomic mass is 9.96. The van der Waals surface area contributed by atoms with E-state index in [1.807, 2.05) is 6.08 Å². The predicted molar refractivity (Wildman–Crippen MR) is 63.6 cm³/mol. The molecule has 0 radical (unpaired) electrons. The maximum absolute atomic E-state index is 10.2. The smallest absolute Gasteiger partial charge is 0.310 e. The highest BCUT2D eigenvalue weighted by Gasteiger charge is 2.51. The van der Waals surface area contributed by atoms with Crippen LogP contribution in [0.2, 0.25) is 0 Å². The van der Waals surface area contributed by atoms with Gasteiger partial charge in [-0.05, 0) is 12.5 Å². The van der Waals surface area contributed by atoms with Crippen LogP contribution < -0.4 is 5.73 Å². The van der Waals surface area contributed by atoms with E-state index >= 15 is 0 Å². The van der Waals surface area contributed by atoms with Crippen LogP contribution in [0.3, 0.4) is 0 Å². The van der Waals surface area contributed by atoms with E-state index in [2.05, 4.69) is 9.47 Å². The Labute approximate surface area is 114 Å². The van der Waals surface area contributed by atoms with Crippen LogP contribution in [0.5, 0.6) is 0 Å². The van der Waals surface area contributed by atoms with Crippen molar-refractivity contribution in [2.75, 3.05) is 6.61 Å². The zero-order valence-electron chi connectivity index (χ0n) is 10.6. The first-order chi connectivity index (χ1) is 9.31. The molecule has 1 fully saturated rings. The van der Waals surface area contributed by atoms with Gasteiger partial charge >= 0.3 is 5.97 Å². The lowest BCUT2D eigenvalue weighted by Crippen LogP contribution is -2.67. The van der Waals surface area contributed by atoms with Crippen molar-refractivity contribution in [3.05, 3.63) is 12.3 Å². The summed E-state index contributed by atoms with van der Waals surface area (Å²) in [6, 6.07) is 0. The van der Waals surface area contributed by atoms with E-state index < -0.39 is 36.9 Å². The Morgan fingerprint density at radius 2 is 2.00 bits per heavy atom. The Hall–Kier alpha value is -1.07. The summed E-state index contributed by atoms with van der Waals surface area (Å²) >= 11 is 0. The molecule has 2 rings (SSSR count). The molecule has 0 aliphatic carbocycles. The van der Waals surface area contributed by atoms with Crippen LogP contribution in [0.1, 0.15) is 12.8 Å². The number of carbonyl (C=O) groups excluding carboxylic acids is 1. The zero-order chi connectivity index (χ0) is 15.3. The molecule has 2 aliphatic heterocycles. The second-order valence-corrected chi connectivity index (χ2v) is 4.41. The summed E-state index contributed by atoms with van der Waals surface area (Å²) in [4.78, 5) is 10.2. The lowest BCUT2D eigenvalue weighted by molar-refractivity contribution is -0.353. The van der Waals surface area contributed by atoms with E-state index in [1.165, 1.54) is 6.26 Å². The van der Waals surface area contributed by atoms with Gasteiger partial charge in [-0.1, -0.05) is 0 Å². The molecule has 0 bridgehead atoms. The monoisotopic (exact) mass is 293 g/mol. The quantitative estimate of drug-likeness (QED) is 0.275. The third-order valence-corrected chi connectivity index (χ3v) is 2.85. The molecule has 9 heteroatoms. The molecule has 0 amide bonds. The SMILES string of the molecule is NC1O[C@@](O)(CO)[C@@H](O)[C@H](O)[C@@H]1O.O=C1CCC=CO1. The second-order valence-electron chi connectivity index (χ2n) is 4.41. The lowest BCUT2D eigenvalue weighted by Gasteiger charge is -2.43. The van der Waals surface area contributed by atoms with E-state index in [0.717, 1.165) is 6.42 Å². The highest BCUT2D eigenvalue weighted by atomic mass is 16.7. The number of ether oxygens (including phenoxy) is 2. The van der Waals surface area contributed by atoms with Crippen molar-refractivity contribution >= 4 is 5.97 Å². The minimum absolute atomic E-state index is 0.123. The maximum atomic E-state index is 10.2. The average molecular weight is 293 g/mol. The van der Waals surface area contributed by atoms with Gasteiger partial charge in [-0.25, -0.2) is 0 Å². The number of rotatable bonds is 1. The number of allylic oxidation sites excluding steroid dienone is 1. The minimum atomic E-state index is -2.32. The number of nitrogens with two attached hydrogens (primary N) is 1. The second kappa shape index (κ2) is 7.09. The molecule has 0 aromatic rings. The summed E-state index contributed by atoms with van der Waals surface area (Å²) < 4.78 is 9.00. The number of esters is 1. The molecule has 116 valence electrons. The molecule has 1 saturated heterocycles. The van der Waals surface area contributed by atoms with E-state index in [1.54, 1.807) is 0 Å². The van der Waals surface area contributed by atoms with Crippen molar-refractivity contribution < 1.29 is 39.8 Å². The number of hydrogen-bond acceptors (Lipinski definition) is 9. The number of aliphatic hydroxyl groups excluding tert-OH is 4. The largest absolute Gasteiger partial charge is 0.435 e. The van der Waals surface area contributed by atoms with Crippen LogP contribution in [0.25, 0.3) is 0 Å². The summed E-state index contributed by atoms with van der Waals surface area (Å²) in [7, 11) is 0. The highest BCUT2D eigenvalue weighted by Crippen LogP contribution is 2.25. The van der Waals surface area contributed by atoms with E-state index in [4.69, 9.17) is 21.1 Å². The molecule has 20 heavy (non-hydrogen) atoms. The standard InChI is InChI=1S/C6H13NO6.C5H6O2/c7-5-3(10)2(9)4(11)6(12,1-8)13-5;6-5-3-1-2-4-7-5/h2-5,8-12H,1,7H2;2,4H,1,3H2/t2-,3+,4+,5?,6+;/m1./s1. The van der Waals surface area contributed by atoms with Crippen molar-refractivity contribution in [1.82, 2.24) is 0 Å². The Morgan fingerprint density at radius 1 is 1.35 bits per heavy atom. The van der Waals surface area contributed by atoms with Crippen molar-refractivity contribution in [1.29, 1.82) is 0 Å². The molecule has 7 N–H and O–H groups in total. The Kier molecular flexibility index (Phi) is 6.02.